The average Bonchev–Trinajstić information content (AvgIpc) is 2.79. The first-order valence-electron chi connectivity index (χ1n) is 6.42. The summed E-state index contributed by atoms with van der Waals surface area (Å²) in [6.45, 7) is 5.07. The lowest BCUT2D eigenvalue weighted by Gasteiger charge is -2.15. The van der Waals surface area contributed by atoms with Crippen LogP contribution in [0.5, 0.6) is 5.75 Å². The van der Waals surface area contributed by atoms with E-state index in [1.807, 2.05) is 6.07 Å². The van der Waals surface area contributed by atoms with E-state index in [-0.39, 0.29) is 5.91 Å². The standard InChI is InChI=1S/C15H15N3O3/c1-9-14(10(2)21-18-9)17-15(19)11(3)20-13-7-5-4-6-12(13)8-16/h4-7,11H,1-3H3,(H,17,19)/t11-/m1/s1. The van der Waals surface area contributed by atoms with Gasteiger partial charge in [-0.3, -0.25) is 4.79 Å². The molecule has 1 aromatic carbocycles. The zero-order chi connectivity index (χ0) is 15.4. The van der Waals surface area contributed by atoms with Crippen LogP contribution in [-0.4, -0.2) is 17.2 Å². The van der Waals surface area contributed by atoms with E-state index in [9.17, 15) is 4.79 Å². The number of para-hydroxylation sites is 1. The van der Waals surface area contributed by atoms with Crippen molar-refractivity contribution in [2.75, 3.05) is 5.32 Å². The van der Waals surface area contributed by atoms with Gasteiger partial charge in [0.25, 0.3) is 5.91 Å². The SMILES string of the molecule is Cc1noc(C)c1NC(=O)[C@@H](C)Oc1ccccc1C#N. The number of amides is 1. The van der Waals surface area contributed by atoms with Crippen LogP contribution in [-0.2, 0) is 4.79 Å². The van der Waals surface area contributed by atoms with Gasteiger partial charge in [0.05, 0.1) is 5.56 Å². The molecule has 1 aromatic heterocycles. The zero-order valence-corrected chi connectivity index (χ0v) is 12.0. The van der Waals surface area contributed by atoms with Gasteiger partial charge in [0.15, 0.2) is 11.9 Å². The van der Waals surface area contributed by atoms with Crippen LogP contribution in [0.2, 0.25) is 0 Å². The summed E-state index contributed by atoms with van der Waals surface area (Å²) in [6.07, 6.45) is -0.756. The van der Waals surface area contributed by atoms with Gasteiger partial charge >= 0.3 is 0 Å². The molecule has 6 nitrogen and oxygen atoms in total. The van der Waals surface area contributed by atoms with Gasteiger partial charge in [-0.25, -0.2) is 0 Å². The van der Waals surface area contributed by atoms with Crippen molar-refractivity contribution >= 4 is 11.6 Å². The topological polar surface area (TPSA) is 88.2 Å². The van der Waals surface area contributed by atoms with Crippen molar-refractivity contribution in [1.82, 2.24) is 5.16 Å². The molecule has 1 N–H and O–H groups in total. The molecule has 2 aromatic rings. The summed E-state index contributed by atoms with van der Waals surface area (Å²) in [6, 6.07) is 8.79. The Morgan fingerprint density at radius 2 is 2.14 bits per heavy atom. The Morgan fingerprint density at radius 1 is 1.43 bits per heavy atom. The number of benzene rings is 1. The molecule has 0 aliphatic carbocycles. The molecule has 1 atom stereocenters. The Morgan fingerprint density at radius 3 is 2.76 bits per heavy atom. The van der Waals surface area contributed by atoms with E-state index in [4.69, 9.17) is 14.5 Å². The first-order valence-corrected chi connectivity index (χ1v) is 6.42. The molecular formula is C15H15N3O3. The minimum Gasteiger partial charge on any atom is -0.480 e. The number of nitrogens with zero attached hydrogens (tertiary/aromatic N) is 2. The van der Waals surface area contributed by atoms with Gasteiger partial charge in [-0.1, -0.05) is 17.3 Å². The molecule has 2 rings (SSSR count). The Labute approximate surface area is 122 Å². The number of aromatic nitrogens is 1. The van der Waals surface area contributed by atoms with Gasteiger partial charge in [0.1, 0.15) is 23.2 Å². The number of hydrogen-bond donors (Lipinski definition) is 1. The Kier molecular flexibility index (Phi) is 4.24. The van der Waals surface area contributed by atoms with Crippen molar-refractivity contribution in [3.63, 3.8) is 0 Å². The lowest BCUT2D eigenvalue weighted by molar-refractivity contribution is -0.122. The predicted molar refractivity (Wildman–Crippen MR) is 75.9 cm³/mol. The van der Waals surface area contributed by atoms with E-state index in [1.54, 1.807) is 45.0 Å². The number of nitriles is 1. The number of carbonyl (C=O) groups is 1. The smallest absolute Gasteiger partial charge is 0.265 e. The molecule has 21 heavy (non-hydrogen) atoms. The Hall–Kier alpha value is -2.81. The molecule has 0 radical (unpaired) electrons. The van der Waals surface area contributed by atoms with E-state index in [0.717, 1.165) is 0 Å². The maximum atomic E-state index is 12.1. The van der Waals surface area contributed by atoms with E-state index in [2.05, 4.69) is 10.5 Å². The number of carbonyl (C=O) groups excluding carboxylic acids is 1. The zero-order valence-electron chi connectivity index (χ0n) is 12.0. The third kappa shape index (κ3) is 3.20. The fourth-order valence-electron chi connectivity index (χ4n) is 1.79. The van der Waals surface area contributed by atoms with Crippen molar-refractivity contribution in [2.24, 2.45) is 0 Å². The molecule has 1 heterocycles. The highest BCUT2D eigenvalue weighted by Crippen LogP contribution is 2.21. The van der Waals surface area contributed by atoms with Crippen molar-refractivity contribution in [3.8, 4) is 11.8 Å². The second kappa shape index (κ2) is 6.09. The Bertz CT molecular complexity index is 681. The van der Waals surface area contributed by atoms with Gasteiger partial charge in [-0.15, -0.1) is 0 Å². The second-order valence-corrected chi connectivity index (χ2v) is 4.56. The van der Waals surface area contributed by atoms with Crippen LogP contribution in [0.4, 0.5) is 5.69 Å². The maximum absolute atomic E-state index is 12.1. The van der Waals surface area contributed by atoms with Crippen molar-refractivity contribution in [2.45, 2.75) is 26.9 Å². The summed E-state index contributed by atoms with van der Waals surface area (Å²) in [4.78, 5) is 12.1. The molecule has 0 aliphatic rings. The molecule has 6 heteroatoms. The van der Waals surface area contributed by atoms with Crippen LogP contribution < -0.4 is 10.1 Å². The highest BCUT2D eigenvalue weighted by Gasteiger charge is 2.19. The number of aryl methyl sites for hydroxylation is 2. The molecule has 0 bridgehead atoms. The van der Waals surface area contributed by atoms with Crippen LogP contribution >= 0.6 is 0 Å². The molecule has 1 amide bonds. The molecule has 0 spiro atoms. The van der Waals surface area contributed by atoms with Crippen molar-refractivity contribution in [1.29, 1.82) is 5.26 Å². The van der Waals surface area contributed by atoms with Crippen LogP contribution in [0.1, 0.15) is 23.9 Å². The van der Waals surface area contributed by atoms with Crippen LogP contribution in [0.15, 0.2) is 28.8 Å². The molecule has 0 unspecified atom stereocenters. The first-order chi connectivity index (χ1) is 10.0. The number of hydrogen-bond acceptors (Lipinski definition) is 5. The van der Waals surface area contributed by atoms with Gasteiger partial charge < -0.3 is 14.6 Å². The summed E-state index contributed by atoms with van der Waals surface area (Å²) < 4.78 is 10.5. The summed E-state index contributed by atoms with van der Waals surface area (Å²) in [7, 11) is 0. The highest BCUT2D eigenvalue weighted by molar-refractivity contribution is 5.95. The van der Waals surface area contributed by atoms with E-state index < -0.39 is 6.10 Å². The number of anilines is 1. The normalized spacial score (nSPS) is 11.5. The molecule has 0 fully saturated rings. The van der Waals surface area contributed by atoms with Crippen molar-refractivity contribution in [3.05, 3.63) is 41.3 Å². The van der Waals surface area contributed by atoms with Crippen molar-refractivity contribution < 1.29 is 14.1 Å². The van der Waals surface area contributed by atoms with Gasteiger partial charge in [0.2, 0.25) is 0 Å². The summed E-state index contributed by atoms with van der Waals surface area (Å²) in [5.74, 6) is 0.573. The van der Waals surface area contributed by atoms with Gasteiger partial charge in [0, 0.05) is 0 Å². The monoisotopic (exact) mass is 285 g/mol. The van der Waals surface area contributed by atoms with E-state index in [0.29, 0.717) is 28.5 Å². The quantitative estimate of drug-likeness (QED) is 0.932. The first kappa shape index (κ1) is 14.6. The second-order valence-electron chi connectivity index (χ2n) is 4.56. The molecule has 0 aliphatic heterocycles. The highest BCUT2D eigenvalue weighted by atomic mass is 16.5. The summed E-state index contributed by atoms with van der Waals surface area (Å²) in [5, 5.41) is 15.5. The van der Waals surface area contributed by atoms with Gasteiger partial charge in [-0.2, -0.15) is 5.26 Å². The fraction of sp³-hybridized carbons (Fsp3) is 0.267. The third-order valence-electron chi connectivity index (χ3n) is 2.96. The van der Waals surface area contributed by atoms with Crippen LogP contribution in [0, 0.1) is 25.2 Å². The minimum atomic E-state index is -0.756. The van der Waals surface area contributed by atoms with E-state index in [1.165, 1.54) is 0 Å². The molecular weight excluding hydrogens is 270 g/mol. The molecule has 0 saturated heterocycles. The largest absolute Gasteiger partial charge is 0.480 e. The number of rotatable bonds is 4. The van der Waals surface area contributed by atoms with E-state index >= 15 is 0 Å². The summed E-state index contributed by atoms with van der Waals surface area (Å²) >= 11 is 0. The Balaban J connectivity index is 2.08. The average molecular weight is 285 g/mol. The fourth-order valence-corrected chi connectivity index (χ4v) is 1.79. The lowest BCUT2D eigenvalue weighted by Crippen LogP contribution is -2.30. The maximum Gasteiger partial charge on any atom is 0.265 e. The summed E-state index contributed by atoms with van der Waals surface area (Å²) in [5.41, 5.74) is 1.53. The predicted octanol–water partition coefficient (Wildman–Crippen LogP) is 2.57. The molecule has 0 saturated carbocycles. The van der Waals surface area contributed by atoms with Crippen LogP contribution in [0.25, 0.3) is 0 Å². The van der Waals surface area contributed by atoms with Gasteiger partial charge in [-0.05, 0) is 32.9 Å². The molecule has 108 valence electrons. The number of nitrogens with one attached hydrogen (secondary N) is 1. The third-order valence-corrected chi connectivity index (χ3v) is 2.96. The van der Waals surface area contributed by atoms with Crippen LogP contribution in [0.3, 0.4) is 0 Å². The lowest BCUT2D eigenvalue weighted by atomic mass is 10.2. The minimum absolute atomic E-state index is 0.336. The number of ether oxygens (including phenoxy) is 1.